The quantitative estimate of drug-likeness (QED) is 0.785. The van der Waals surface area contributed by atoms with Gasteiger partial charge in [-0.3, -0.25) is 4.72 Å². The molecular weight excluding hydrogens is 348 g/mol. The van der Waals surface area contributed by atoms with Gasteiger partial charge in [0.15, 0.2) is 0 Å². The third-order valence-electron chi connectivity index (χ3n) is 3.44. The minimum absolute atomic E-state index is 0.0884. The number of nitrogens with one attached hydrogen (secondary N) is 2. The van der Waals surface area contributed by atoms with Crippen molar-refractivity contribution in [2.45, 2.75) is 36.1 Å². The molecule has 0 aliphatic heterocycles. The summed E-state index contributed by atoms with van der Waals surface area (Å²) in [6, 6.07) is 13.4. The number of hydrogen-bond acceptors (Lipinski definition) is 4. The lowest BCUT2D eigenvalue weighted by Gasteiger charge is -2.13. The van der Waals surface area contributed by atoms with Gasteiger partial charge >= 0.3 is 0 Å². The second-order valence-corrected chi connectivity index (χ2v) is 8.77. The van der Waals surface area contributed by atoms with Crippen molar-refractivity contribution in [1.82, 2.24) is 4.72 Å². The summed E-state index contributed by atoms with van der Waals surface area (Å²) in [6.45, 7) is 3.66. The van der Waals surface area contributed by atoms with Crippen molar-refractivity contribution in [3.05, 3.63) is 54.6 Å². The Morgan fingerprint density at radius 1 is 0.833 bits per heavy atom. The van der Waals surface area contributed by atoms with Crippen LogP contribution in [0.2, 0.25) is 0 Å². The first-order valence-corrected chi connectivity index (χ1v) is 10.4. The van der Waals surface area contributed by atoms with Gasteiger partial charge in [0.25, 0.3) is 10.0 Å². The summed E-state index contributed by atoms with van der Waals surface area (Å²) < 4.78 is 53.8. The molecule has 0 saturated heterocycles. The Hall–Kier alpha value is -1.90. The Labute approximate surface area is 143 Å². The van der Waals surface area contributed by atoms with E-state index in [9.17, 15) is 16.8 Å². The molecule has 6 nitrogen and oxygen atoms in total. The van der Waals surface area contributed by atoms with Crippen LogP contribution in [0.4, 0.5) is 5.69 Å². The van der Waals surface area contributed by atoms with Gasteiger partial charge in [0, 0.05) is 11.7 Å². The van der Waals surface area contributed by atoms with E-state index in [4.69, 9.17) is 0 Å². The van der Waals surface area contributed by atoms with Gasteiger partial charge in [0.2, 0.25) is 10.0 Å². The highest BCUT2D eigenvalue weighted by Gasteiger charge is 2.17. The minimum atomic E-state index is -3.70. The molecule has 0 fully saturated rings. The normalized spacial score (nSPS) is 13.4. The Balaban J connectivity index is 2.18. The highest BCUT2D eigenvalue weighted by Crippen LogP contribution is 2.18. The lowest BCUT2D eigenvalue weighted by molar-refractivity contribution is 0.556. The summed E-state index contributed by atoms with van der Waals surface area (Å²) >= 11 is 0. The molecule has 2 N–H and O–H groups in total. The summed E-state index contributed by atoms with van der Waals surface area (Å²) in [5.74, 6) is 0. The largest absolute Gasteiger partial charge is 0.280 e. The maximum atomic E-state index is 12.2. The smallest absolute Gasteiger partial charge is 0.261 e. The van der Waals surface area contributed by atoms with Crippen LogP contribution in [0.3, 0.4) is 0 Å². The van der Waals surface area contributed by atoms with Gasteiger partial charge < -0.3 is 0 Å². The Bertz CT molecular complexity index is 877. The number of anilines is 1. The maximum Gasteiger partial charge on any atom is 0.261 e. The molecule has 0 aromatic heterocycles. The fourth-order valence-corrected chi connectivity index (χ4v) is 4.34. The zero-order valence-electron chi connectivity index (χ0n) is 13.4. The Morgan fingerprint density at radius 3 is 1.92 bits per heavy atom. The second-order valence-electron chi connectivity index (χ2n) is 5.37. The van der Waals surface area contributed by atoms with Gasteiger partial charge in [-0.2, -0.15) is 0 Å². The summed E-state index contributed by atoms with van der Waals surface area (Å²) in [5, 5.41) is 0. The second kappa shape index (κ2) is 7.33. The Morgan fingerprint density at radius 2 is 1.38 bits per heavy atom. The number of benzene rings is 2. The zero-order chi connectivity index (χ0) is 17.8. The van der Waals surface area contributed by atoms with E-state index in [-0.39, 0.29) is 15.8 Å². The van der Waals surface area contributed by atoms with Crippen molar-refractivity contribution < 1.29 is 16.8 Å². The first kappa shape index (κ1) is 18.4. The molecular formula is C16H20N2O4S2. The van der Waals surface area contributed by atoms with E-state index in [1.807, 2.05) is 6.92 Å². The van der Waals surface area contributed by atoms with Crippen molar-refractivity contribution in [2.75, 3.05) is 4.72 Å². The summed E-state index contributed by atoms with van der Waals surface area (Å²) in [7, 11) is -7.31. The van der Waals surface area contributed by atoms with Crippen LogP contribution in [-0.4, -0.2) is 22.9 Å². The molecule has 0 spiro atoms. The molecule has 0 aliphatic rings. The summed E-state index contributed by atoms with van der Waals surface area (Å²) in [6.07, 6.45) is 0.675. The third-order valence-corrected chi connectivity index (χ3v) is 6.44. The van der Waals surface area contributed by atoms with Crippen molar-refractivity contribution >= 4 is 25.7 Å². The first-order chi connectivity index (χ1) is 11.2. The van der Waals surface area contributed by atoms with Gasteiger partial charge in [0.1, 0.15) is 0 Å². The molecule has 24 heavy (non-hydrogen) atoms. The van der Waals surface area contributed by atoms with Gasteiger partial charge in [-0.25, -0.2) is 21.6 Å². The lowest BCUT2D eigenvalue weighted by atomic mass is 10.3. The van der Waals surface area contributed by atoms with Crippen LogP contribution in [0.1, 0.15) is 20.3 Å². The molecule has 8 heteroatoms. The molecule has 1 atom stereocenters. The van der Waals surface area contributed by atoms with Gasteiger partial charge in [0.05, 0.1) is 9.79 Å². The topological polar surface area (TPSA) is 92.3 Å². The highest BCUT2D eigenvalue weighted by molar-refractivity contribution is 7.92. The van der Waals surface area contributed by atoms with E-state index in [1.54, 1.807) is 25.1 Å². The number of hydrogen-bond donors (Lipinski definition) is 2. The predicted octanol–water partition coefficient (Wildman–Crippen LogP) is 2.56. The van der Waals surface area contributed by atoms with E-state index in [0.717, 1.165) is 0 Å². The lowest BCUT2D eigenvalue weighted by Crippen LogP contribution is -2.31. The standard InChI is InChI=1S/C16H20N2O4S2/c1-3-13(2)17-23(19,20)16-11-9-14(10-12-16)18-24(21,22)15-7-5-4-6-8-15/h4-13,17-18H,3H2,1-2H3. The molecule has 0 bridgehead atoms. The fourth-order valence-electron chi connectivity index (χ4n) is 1.93. The molecule has 130 valence electrons. The monoisotopic (exact) mass is 368 g/mol. The van der Waals surface area contributed by atoms with Crippen LogP contribution in [0.25, 0.3) is 0 Å². The minimum Gasteiger partial charge on any atom is -0.280 e. The zero-order valence-corrected chi connectivity index (χ0v) is 15.1. The predicted molar refractivity (Wildman–Crippen MR) is 93.8 cm³/mol. The van der Waals surface area contributed by atoms with Gasteiger partial charge in [-0.05, 0) is 49.7 Å². The van der Waals surface area contributed by atoms with Crippen LogP contribution >= 0.6 is 0 Å². The van der Waals surface area contributed by atoms with E-state index in [1.165, 1.54) is 36.4 Å². The summed E-state index contributed by atoms with van der Waals surface area (Å²) in [5.41, 5.74) is 0.293. The van der Waals surface area contributed by atoms with Crippen molar-refractivity contribution in [2.24, 2.45) is 0 Å². The molecule has 0 saturated carbocycles. The van der Waals surface area contributed by atoms with Crippen molar-refractivity contribution in [3.8, 4) is 0 Å². The molecule has 2 rings (SSSR count). The molecule has 2 aromatic carbocycles. The van der Waals surface area contributed by atoms with Crippen molar-refractivity contribution in [3.63, 3.8) is 0 Å². The molecule has 1 unspecified atom stereocenters. The average Bonchev–Trinajstić information content (AvgIpc) is 2.55. The molecule has 0 heterocycles. The van der Waals surface area contributed by atoms with E-state index >= 15 is 0 Å². The SMILES string of the molecule is CCC(C)NS(=O)(=O)c1ccc(NS(=O)(=O)c2ccccc2)cc1. The highest BCUT2D eigenvalue weighted by atomic mass is 32.2. The fraction of sp³-hybridized carbons (Fsp3) is 0.250. The van der Waals surface area contributed by atoms with Crippen LogP contribution in [0.5, 0.6) is 0 Å². The molecule has 0 amide bonds. The van der Waals surface area contributed by atoms with E-state index < -0.39 is 20.0 Å². The van der Waals surface area contributed by atoms with Crippen LogP contribution in [-0.2, 0) is 20.0 Å². The third kappa shape index (κ3) is 4.56. The van der Waals surface area contributed by atoms with Gasteiger partial charge in [-0.1, -0.05) is 25.1 Å². The number of rotatable bonds is 7. The Kier molecular flexibility index (Phi) is 5.63. The first-order valence-electron chi connectivity index (χ1n) is 7.45. The molecule has 0 aliphatic carbocycles. The van der Waals surface area contributed by atoms with Crippen LogP contribution in [0, 0.1) is 0 Å². The van der Waals surface area contributed by atoms with E-state index in [0.29, 0.717) is 12.1 Å². The van der Waals surface area contributed by atoms with E-state index in [2.05, 4.69) is 9.44 Å². The van der Waals surface area contributed by atoms with Gasteiger partial charge in [-0.15, -0.1) is 0 Å². The molecule has 0 radical (unpaired) electrons. The van der Waals surface area contributed by atoms with Crippen molar-refractivity contribution in [1.29, 1.82) is 0 Å². The molecule has 2 aromatic rings. The maximum absolute atomic E-state index is 12.2. The van der Waals surface area contributed by atoms with Crippen LogP contribution in [0.15, 0.2) is 64.4 Å². The van der Waals surface area contributed by atoms with Crippen LogP contribution < -0.4 is 9.44 Å². The average molecular weight is 368 g/mol. The number of sulfonamides is 2. The summed E-state index contributed by atoms with van der Waals surface area (Å²) in [4.78, 5) is 0.227.